The quantitative estimate of drug-likeness (QED) is 0.424. The van der Waals surface area contributed by atoms with Gasteiger partial charge in [0.1, 0.15) is 23.8 Å². The van der Waals surface area contributed by atoms with E-state index in [1.165, 1.54) is 7.11 Å². The fourth-order valence-corrected chi connectivity index (χ4v) is 3.00. The summed E-state index contributed by atoms with van der Waals surface area (Å²) in [5.41, 5.74) is 2.40. The molecule has 3 rings (SSSR count). The second kappa shape index (κ2) is 9.76. The average Bonchev–Trinajstić information content (AvgIpc) is 3.04. The molecule has 30 heavy (non-hydrogen) atoms. The topological polar surface area (TPSA) is 89.7 Å². The van der Waals surface area contributed by atoms with Gasteiger partial charge < -0.3 is 24.5 Å². The van der Waals surface area contributed by atoms with Gasteiger partial charge in [0.05, 0.1) is 12.2 Å². The number of carbonyl (C=O) groups is 2. The molecule has 0 aliphatic rings. The van der Waals surface area contributed by atoms with Crippen molar-refractivity contribution in [3.63, 3.8) is 0 Å². The van der Waals surface area contributed by atoms with Crippen molar-refractivity contribution in [2.45, 2.75) is 13.8 Å². The third kappa shape index (κ3) is 5.07. The Kier molecular flexibility index (Phi) is 6.87. The summed E-state index contributed by atoms with van der Waals surface area (Å²) in [6, 6.07) is 16.5. The van der Waals surface area contributed by atoms with Crippen LogP contribution in [0.5, 0.6) is 11.5 Å². The molecule has 7 nitrogen and oxygen atoms in total. The molecule has 1 aromatic heterocycles. The van der Waals surface area contributed by atoms with Crippen molar-refractivity contribution in [2.24, 2.45) is 0 Å². The number of ether oxygens (including phenoxy) is 3. The van der Waals surface area contributed by atoms with Crippen LogP contribution in [0.25, 0.3) is 0 Å². The van der Waals surface area contributed by atoms with Crippen LogP contribution in [0.2, 0.25) is 0 Å². The number of amides is 1. The maximum atomic E-state index is 12.7. The molecule has 3 aromatic rings. The van der Waals surface area contributed by atoms with Crippen molar-refractivity contribution < 1.29 is 23.8 Å². The molecule has 0 bridgehead atoms. The number of benzene rings is 2. The first kappa shape index (κ1) is 21.1. The number of hydrogen-bond acceptors (Lipinski definition) is 5. The van der Waals surface area contributed by atoms with Crippen LogP contribution in [0.3, 0.4) is 0 Å². The number of nitrogens with one attached hydrogen (secondary N) is 2. The van der Waals surface area contributed by atoms with E-state index in [4.69, 9.17) is 14.2 Å². The van der Waals surface area contributed by atoms with E-state index in [1.54, 1.807) is 38.1 Å². The number of aromatic nitrogens is 1. The Labute approximate surface area is 175 Å². The fourth-order valence-electron chi connectivity index (χ4n) is 3.00. The predicted molar refractivity (Wildman–Crippen MR) is 113 cm³/mol. The lowest BCUT2D eigenvalue weighted by molar-refractivity contribution is 0.0387. The molecule has 1 heterocycles. The number of rotatable bonds is 8. The van der Waals surface area contributed by atoms with Crippen molar-refractivity contribution in [1.29, 1.82) is 0 Å². The van der Waals surface area contributed by atoms with Crippen LogP contribution in [-0.4, -0.2) is 37.2 Å². The van der Waals surface area contributed by atoms with Crippen LogP contribution in [0, 0.1) is 13.8 Å². The Morgan fingerprint density at radius 3 is 2.27 bits per heavy atom. The Balaban J connectivity index is 1.67. The molecule has 0 atom stereocenters. The summed E-state index contributed by atoms with van der Waals surface area (Å²) in [5, 5.41) is 2.82. The Hall–Kier alpha value is -3.58. The second-order valence-electron chi connectivity index (χ2n) is 6.65. The number of aromatic amines is 1. The molecule has 0 aliphatic heterocycles. The standard InChI is InChI=1S/C23H24N2O5/c1-15-20(23(27)29-14-13-28-3)16(2)24-21(15)22(26)25-17-9-11-19(12-10-17)30-18-7-5-4-6-8-18/h4-12,24H,13-14H2,1-3H3,(H,25,26). The van der Waals surface area contributed by atoms with Crippen molar-refractivity contribution in [2.75, 3.05) is 25.6 Å². The van der Waals surface area contributed by atoms with Gasteiger partial charge in [-0.15, -0.1) is 0 Å². The summed E-state index contributed by atoms with van der Waals surface area (Å²) in [6.45, 7) is 3.90. The van der Waals surface area contributed by atoms with E-state index in [-0.39, 0.29) is 12.5 Å². The minimum absolute atomic E-state index is 0.151. The van der Waals surface area contributed by atoms with Crippen molar-refractivity contribution in [3.8, 4) is 11.5 Å². The van der Waals surface area contributed by atoms with E-state index in [0.29, 0.717) is 40.6 Å². The van der Waals surface area contributed by atoms with Crippen LogP contribution >= 0.6 is 0 Å². The molecule has 1 amide bonds. The van der Waals surface area contributed by atoms with E-state index in [1.807, 2.05) is 30.3 Å². The molecule has 156 valence electrons. The zero-order chi connectivity index (χ0) is 21.5. The van der Waals surface area contributed by atoms with Crippen molar-refractivity contribution in [1.82, 2.24) is 4.98 Å². The molecule has 0 unspecified atom stereocenters. The summed E-state index contributed by atoms with van der Waals surface area (Å²) in [7, 11) is 1.53. The average molecular weight is 408 g/mol. The first-order chi connectivity index (χ1) is 14.5. The smallest absolute Gasteiger partial charge is 0.340 e. The molecule has 2 N–H and O–H groups in total. The zero-order valence-corrected chi connectivity index (χ0v) is 17.2. The number of H-pyrrole nitrogens is 1. The second-order valence-corrected chi connectivity index (χ2v) is 6.65. The number of hydrogen-bond donors (Lipinski definition) is 2. The molecule has 0 spiro atoms. The minimum Gasteiger partial charge on any atom is -0.460 e. The van der Waals surface area contributed by atoms with Crippen LogP contribution in [0.15, 0.2) is 54.6 Å². The van der Waals surface area contributed by atoms with Gasteiger partial charge in [-0.05, 0) is 55.8 Å². The highest BCUT2D eigenvalue weighted by atomic mass is 16.6. The third-order valence-electron chi connectivity index (χ3n) is 4.48. The lowest BCUT2D eigenvalue weighted by Crippen LogP contribution is -2.14. The third-order valence-corrected chi connectivity index (χ3v) is 4.48. The Bertz CT molecular complexity index is 1010. The van der Waals surface area contributed by atoms with Gasteiger partial charge >= 0.3 is 5.97 Å². The van der Waals surface area contributed by atoms with Gasteiger partial charge in [0, 0.05) is 18.5 Å². The summed E-state index contributed by atoms with van der Waals surface area (Å²) < 4.78 is 15.8. The number of esters is 1. The van der Waals surface area contributed by atoms with Crippen LogP contribution < -0.4 is 10.1 Å². The van der Waals surface area contributed by atoms with Gasteiger partial charge in [-0.25, -0.2) is 4.79 Å². The molecular weight excluding hydrogens is 384 g/mol. The minimum atomic E-state index is -0.486. The van der Waals surface area contributed by atoms with E-state index in [0.717, 1.165) is 5.75 Å². The van der Waals surface area contributed by atoms with E-state index in [9.17, 15) is 9.59 Å². The molecule has 0 aliphatic carbocycles. The lowest BCUT2D eigenvalue weighted by atomic mass is 10.1. The maximum Gasteiger partial charge on any atom is 0.340 e. The lowest BCUT2D eigenvalue weighted by Gasteiger charge is -2.08. The molecular formula is C23H24N2O5. The maximum absolute atomic E-state index is 12.7. The highest BCUT2D eigenvalue weighted by Gasteiger charge is 2.23. The van der Waals surface area contributed by atoms with Crippen molar-refractivity contribution in [3.05, 3.63) is 77.1 Å². The fraction of sp³-hybridized carbons (Fsp3) is 0.217. The SMILES string of the molecule is COCCOC(=O)c1c(C)[nH]c(C(=O)Nc2ccc(Oc3ccccc3)cc2)c1C. The van der Waals surface area contributed by atoms with Crippen LogP contribution in [0.4, 0.5) is 5.69 Å². The van der Waals surface area contributed by atoms with Gasteiger partial charge in [0.15, 0.2) is 0 Å². The Morgan fingerprint density at radius 1 is 0.933 bits per heavy atom. The molecule has 7 heteroatoms. The van der Waals surface area contributed by atoms with Gasteiger partial charge in [0.25, 0.3) is 5.91 Å². The van der Waals surface area contributed by atoms with Gasteiger partial charge in [-0.2, -0.15) is 0 Å². The molecule has 0 saturated carbocycles. The van der Waals surface area contributed by atoms with E-state index >= 15 is 0 Å². The first-order valence-electron chi connectivity index (χ1n) is 9.49. The van der Waals surface area contributed by atoms with Gasteiger partial charge in [-0.3, -0.25) is 4.79 Å². The monoisotopic (exact) mass is 408 g/mol. The number of anilines is 1. The zero-order valence-electron chi connectivity index (χ0n) is 17.2. The van der Waals surface area contributed by atoms with Crippen molar-refractivity contribution >= 4 is 17.6 Å². The number of methoxy groups -OCH3 is 1. The Morgan fingerprint density at radius 2 is 1.60 bits per heavy atom. The summed E-state index contributed by atoms with van der Waals surface area (Å²) in [5.74, 6) is 0.562. The number of carbonyl (C=O) groups excluding carboxylic acids is 2. The summed E-state index contributed by atoms with van der Waals surface area (Å²) >= 11 is 0. The number of para-hydroxylation sites is 1. The van der Waals surface area contributed by atoms with Crippen LogP contribution in [-0.2, 0) is 9.47 Å². The van der Waals surface area contributed by atoms with Gasteiger partial charge in [0.2, 0.25) is 0 Å². The molecule has 0 saturated heterocycles. The molecule has 0 radical (unpaired) electrons. The highest BCUT2D eigenvalue weighted by molar-refractivity contribution is 6.06. The van der Waals surface area contributed by atoms with Crippen LogP contribution in [0.1, 0.15) is 32.1 Å². The first-order valence-corrected chi connectivity index (χ1v) is 9.49. The largest absolute Gasteiger partial charge is 0.460 e. The summed E-state index contributed by atoms with van der Waals surface area (Å²) in [6.07, 6.45) is 0. The van der Waals surface area contributed by atoms with Gasteiger partial charge in [-0.1, -0.05) is 18.2 Å². The van der Waals surface area contributed by atoms with E-state index < -0.39 is 5.97 Å². The number of aryl methyl sites for hydroxylation is 1. The normalized spacial score (nSPS) is 10.5. The summed E-state index contributed by atoms with van der Waals surface area (Å²) in [4.78, 5) is 28.0. The molecule has 2 aromatic carbocycles. The predicted octanol–water partition coefficient (Wildman–Crippen LogP) is 4.48. The van der Waals surface area contributed by atoms with E-state index in [2.05, 4.69) is 10.3 Å². The molecule has 0 fully saturated rings. The highest BCUT2D eigenvalue weighted by Crippen LogP contribution is 2.24.